The normalized spacial score (nSPS) is 18.7. The maximum atomic E-state index is 12.1. The molecule has 3 aromatic rings. The zero-order chi connectivity index (χ0) is 21.2. The molecule has 0 saturated carbocycles. The smallest absolute Gasteiger partial charge is 0.220 e. The molecule has 3 aliphatic rings. The van der Waals surface area contributed by atoms with Crippen molar-refractivity contribution >= 4 is 29.1 Å². The van der Waals surface area contributed by atoms with Gasteiger partial charge in [-0.05, 0) is 35.4 Å². The van der Waals surface area contributed by atoms with Gasteiger partial charge in [0.25, 0.3) is 0 Å². The van der Waals surface area contributed by atoms with Crippen molar-refractivity contribution in [2.45, 2.75) is 20.0 Å². The van der Waals surface area contributed by atoms with E-state index in [0.717, 1.165) is 60.3 Å². The van der Waals surface area contributed by atoms with Crippen LogP contribution in [0, 0.1) is 5.41 Å². The summed E-state index contributed by atoms with van der Waals surface area (Å²) < 4.78 is 5.75. The molecule has 0 radical (unpaired) electrons. The van der Waals surface area contributed by atoms with Crippen LogP contribution in [0.3, 0.4) is 0 Å². The molecule has 3 aliphatic heterocycles. The van der Waals surface area contributed by atoms with E-state index in [4.69, 9.17) is 16.1 Å². The van der Waals surface area contributed by atoms with E-state index >= 15 is 0 Å². The Morgan fingerprint density at radius 1 is 1.13 bits per heavy atom. The van der Waals surface area contributed by atoms with Crippen LogP contribution in [0.2, 0.25) is 5.02 Å². The molecule has 8 nitrogen and oxygen atoms in total. The third-order valence-electron chi connectivity index (χ3n) is 6.51. The number of rotatable bonds is 2. The number of amides is 1. The minimum absolute atomic E-state index is 0.00167. The molecule has 0 N–H and O–H groups in total. The topological polar surface area (TPSA) is 78.6 Å². The number of benzene rings is 1. The van der Waals surface area contributed by atoms with Gasteiger partial charge in [0.15, 0.2) is 17.4 Å². The highest BCUT2D eigenvalue weighted by Gasteiger charge is 2.53. The Bertz CT molecular complexity index is 1170. The summed E-state index contributed by atoms with van der Waals surface area (Å²) in [6, 6.07) is 9.74. The van der Waals surface area contributed by atoms with Gasteiger partial charge in [-0.3, -0.25) is 4.79 Å². The molecule has 6 rings (SSSR count). The first-order valence-corrected chi connectivity index (χ1v) is 10.7. The summed E-state index contributed by atoms with van der Waals surface area (Å²) in [6.45, 7) is 6.25. The molecule has 9 heteroatoms. The quantitative estimate of drug-likeness (QED) is 0.611. The summed E-state index contributed by atoms with van der Waals surface area (Å²) in [5, 5.41) is 13.3. The third kappa shape index (κ3) is 2.96. The van der Waals surface area contributed by atoms with Crippen molar-refractivity contribution in [2.75, 3.05) is 36.0 Å². The van der Waals surface area contributed by atoms with Crippen LogP contribution in [0.5, 0.6) is 0 Å². The number of carbonyl (C=O) groups is 1. The van der Waals surface area contributed by atoms with Crippen LogP contribution in [0.15, 0.2) is 41.1 Å². The molecule has 1 amide bonds. The average molecular weight is 437 g/mol. The van der Waals surface area contributed by atoms with Gasteiger partial charge in [-0.2, -0.15) is 5.10 Å². The fourth-order valence-electron chi connectivity index (χ4n) is 5.00. The summed E-state index contributed by atoms with van der Waals surface area (Å²) in [5.74, 6) is 2.50. The molecule has 2 fully saturated rings. The molecule has 2 saturated heterocycles. The number of fused-ring (bicyclic) bond motifs is 3. The Balaban J connectivity index is 1.27. The number of halogens is 1. The van der Waals surface area contributed by atoms with Gasteiger partial charge in [-0.1, -0.05) is 22.8 Å². The number of nitrogens with zero attached hydrogens (tertiary/aromatic N) is 6. The third-order valence-corrected chi connectivity index (χ3v) is 6.74. The summed E-state index contributed by atoms with van der Waals surface area (Å²) in [6.07, 6.45) is 1.69. The summed E-state index contributed by atoms with van der Waals surface area (Å²) >= 11 is 6.26. The fraction of sp³-hybridized carbons (Fsp3) is 0.364. The van der Waals surface area contributed by atoms with Crippen molar-refractivity contribution in [2.24, 2.45) is 5.41 Å². The lowest BCUT2D eigenvalue weighted by Crippen LogP contribution is -2.72. The van der Waals surface area contributed by atoms with Gasteiger partial charge < -0.3 is 19.2 Å². The minimum Gasteiger partial charge on any atom is -0.357 e. The first-order valence-electron chi connectivity index (χ1n) is 10.3. The monoisotopic (exact) mass is 436 g/mol. The molecule has 0 bridgehead atoms. The number of aromatic nitrogens is 3. The highest BCUT2D eigenvalue weighted by molar-refractivity contribution is 6.30. The first kappa shape index (κ1) is 18.6. The second kappa shape index (κ2) is 6.68. The number of hydrogen-bond acceptors (Lipinski definition) is 7. The number of carbonyl (C=O) groups excluding carboxylic acids is 1. The van der Waals surface area contributed by atoms with Crippen molar-refractivity contribution in [3.63, 3.8) is 0 Å². The van der Waals surface area contributed by atoms with E-state index < -0.39 is 0 Å². The zero-order valence-electron chi connectivity index (χ0n) is 17.1. The molecule has 31 heavy (non-hydrogen) atoms. The van der Waals surface area contributed by atoms with Crippen LogP contribution in [0.1, 0.15) is 18.2 Å². The average Bonchev–Trinajstić information content (AvgIpc) is 3.02. The Labute approximate surface area is 184 Å². The molecule has 1 aromatic carbocycles. The van der Waals surface area contributed by atoms with Crippen molar-refractivity contribution < 1.29 is 9.32 Å². The SMILES string of the molecule is CC(=O)N1Cc2cc(Cl)ccc2-c2c(N3CC4(CN(c5cccnn5)C4)C3)noc2C1. The molecule has 158 valence electrons. The van der Waals surface area contributed by atoms with E-state index in [0.29, 0.717) is 18.1 Å². The maximum absolute atomic E-state index is 12.1. The van der Waals surface area contributed by atoms with E-state index in [1.165, 1.54) is 0 Å². The van der Waals surface area contributed by atoms with Gasteiger partial charge >= 0.3 is 0 Å². The molecule has 0 aliphatic carbocycles. The van der Waals surface area contributed by atoms with Gasteiger partial charge in [-0.25, -0.2) is 0 Å². The van der Waals surface area contributed by atoms with Gasteiger partial charge in [0, 0.05) is 56.3 Å². The van der Waals surface area contributed by atoms with Crippen LogP contribution in [0.25, 0.3) is 11.1 Å². The lowest BCUT2D eigenvalue weighted by Gasteiger charge is -2.60. The maximum Gasteiger partial charge on any atom is 0.220 e. The lowest BCUT2D eigenvalue weighted by atomic mass is 9.72. The molecule has 5 heterocycles. The van der Waals surface area contributed by atoms with Crippen molar-refractivity contribution in [1.29, 1.82) is 0 Å². The number of anilines is 2. The van der Waals surface area contributed by atoms with Gasteiger partial charge in [0.1, 0.15) is 0 Å². The molecular weight excluding hydrogens is 416 g/mol. The molecule has 2 aromatic heterocycles. The van der Waals surface area contributed by atoms with Gasteiger partial charge in [0.05, 0.1) is 12.1 Å². The predicted octanol–water partition coefficient (Wildman–Crippen LogP) is 2.97. The van der Waals surface area contributed by atoms with Crippen molar-refractivity contribution in [3.05, 3.63) is 52.9 Å². The largest absolute Gasteiger partial charge is 0.357 e. The number of hydrogen-bond donors (Lipinski definition) is 0. The van der Waals surface area contributed by atoms with E-state index in [2.05, 4.69) is 25.2 Å². The van der Waals surface area contributed by atoms with Gasteiger partial charge in [-0.15, -0.1) is 5.10 Å². The standard InChI is InChI=1S/C22H21ClN6O2/c1-14(30)27-8-15-7-16(23)4-5-17(15)20-18(9-27)31-26-21(20)29-12-22(13-29)10-28(11-22)19-3-2-6-24-25-19/h2-7H,8-13H2,1H3. The van der Waals surface area contributed by atoms with Crippen molar-refractivity contribution in [1.82, 2.24) is 20.3 Å². The summed E-state index contributed by atoms with van der Waals surface area (Å²) in [4.78, 5) is 18.4. The second-order valence-corrected chi connectivity index (χ2v) is 9.21. The van der Waals surface area contributed by atoms with Crippen LogP contribution in [-0.2, 0) is 17.9 Å². The Morgan fingerprint density at radius 3 is 2.68 bits per heavy atom. The van der Waals surface area contributed by atoms with Gasteiger partial charge in [0.2, 0.25) is 5.91 Å². The van der Waals surface area contributed by atoms with E-state index in [1.807, 2.05) is 30.3 Å². The van der Waals surface area contributed by atoms with E-state index in [-0.39, 0.29) is 11.3 Å². The van der Waals surface area contributed by atoms with Crippen LogP contribution in [0.4, 0.5) is 11.6 Å². The Morgan fingerprint density at radius 2 is 1.94 bits per heavy atom. The molecule has 0 atom stereocenters. The highest BCUT2D eigenvalue weighted by Crippen LogP contribution is 2.47. The summed E-state index contributed by atoms with van der Waals surface area (Å²) in [7, 11) is 0. The lowest BCUT2D eigenvalue weighted by molar-refractivity contribution is -0.130. The molecule has 0 unspecified atom stereocenters. The van der Waals surface area contributed by atoms with Crippen LogP contribution in [-0.4, -0.2) is 52.3 Å². The van der Waals surface area contributed by atoms with E-state index in [9.17, 15) is 4.79 Å². The molecule has 1 spiro atoms. The second-order valence-electron chi connectivity index (χ2n) is 8.77. The highest BCUT2D eigenvalue weighted by atomic mass is 35.5. The first-order chi connectivity index (χ1) is 15.0. The van der Waals surface area contributed by atoms with Crippen LogP contribution < -0.4 is 9.80 Å². The molecular formula is C22H21ClN6O2. The van der Waals surface area contributed by atoms with E-state index in [1.54, 1.807) is 18.0 Å². The summed E-state index contributed by atoms with van der Waals surface area (Å²) in [5.41, 5.74) is 3.28. The predicted molar refractivity (Wildman–Crippen MR) is 116 cm³/mol. The van der Waals surface area contributed by atoms with Crippen LogP contribution >= 0.6 is 11.6 Å². The Hall–Kier alpha value is -3.13. The minimum atomic E-state index is -0.00167. The fourth-order valence-corrected chi connectivity index (χ4v) is 5.20. The van der Waals surface area contributed by atoms with Crippen molar-refractivity contribution in [3.8, 4) is 11.1 Å². The zero-order valence-corrected chi connectivity index (χ0v) is 17.8. The Kier molecular flexibility index (Phi) is 4.02.